The number of amides is 1. The van der Waals surface area contributed by atoms with Crippen molar-refractivity contribution in [2.45, 2.75) is 69.8 Å². The smallest absolute Gasteiger partial charge is 0.398 e. The SMILES string of the molecule is Cc1c(C#Cc2ccc(CN3CCC(CO)CC3)cc2)cc(C(F)(F)F)c(C=NC(C(=O)Nc2nccs2)c2ncn3c2CCC32CC2)c1N. The fourth-order valence-corrected chi connectivity index (χ4v) is 7.53. The molecule has 7 rings (SSSR count). The van der Waals surface area contributed by atoms with Gasteiger partial charge in [0.2, 0.25) is 0 Å². The molecule has 2 aromatic heterocycles. The number of carbonyl (C=O) groups is 1. The largest absolute Gasteiger partial charge is 0.417 e. The Kier molecular flexibility index (Phi) is 9.28. The van der Waals surface area contributed by atoms with Gasteiger partial charge in [-0.1, -0.05) is 24.0 Å². The number of imidazole rings is 1. The molecule has 4 aromatic rings. The number of nitrogens with zero attached hydrogens (tertiary/aromatic N) is 5. The number of halogens is 3. The summed E-state index contributed by atoms with van der Waals surface area (Å²) in [5, 5.41) is 14.2. The van der Waals surface area contributed by atoms with Crippen LogP contribution in [0.2, 0.25) is 0 Å². The van der Waals surface area contributed by atoms with Gasteiger partial charge in [-0.2, -0.15) is 13.2 Å². The maximum Gasteiger partial charge on any atom is 0.417 e. The summed E-state index contributed by atoms with van der Waals surface area (Å²) in [5.74, 6) is 5.73. The number of aromatic nitrogens is 3. The van der Waals surface area contributed by atoms with Gasteiger partial charge in [0.15, 0.2) is 11.2 Å². The number of aliphatic hydroxyl groups is 1. The molecule has 1 saturated heterocycles. The molecule has 50 heavy (non-hydrogen) atoms. The molecular formula is C37H38F3N7O2S. The monoisotopic (exact) mass is 701 g/mol. The maximum absolute atomic E-state index is 14.6. The zero-order valence-corrected chi connectivity index (χ0v) is 28.4. The minimum atomic E-state index is -4.76. The number of likely N-dealkylation sites (tertiary alicyclic amines) is 1. The summed E-state index contributed by atoms with van der Waals surface area (Å²) in [6.07, 6.45) is 5.21. The Morgan fingerprint density at radius 2 is 1.96 bits per heavy atom. The maximum atomic E-state index is 14.6. The van der Waals surface area contributed by atoms with Crippen molar-refractivity contribution in [2.24, 2.45) is 10.9 Å². The normalized spacial score (nSPS) is 17.9. The molecule has 3 aliphatic rings. The number of thiazole rings is 1. The third-order valence-electron chi connectivity index (χ3n) is 10.2. The van der Waals surface area contributed by atoms with E-state index in [9.17, 15) is 23.1 Å². The lowest BCUT2D eigenvalue weighted by molar-refractivity contribution is -0.137. The van der Waals surface area contributed by atoms with Crippen molar-refractivity contribution in [3.63, 3.8) is 0 Å². The van der Waals surface area contributed by atoms with Gasteiger partial charge >= 0.3 is 6.18 Å². The van der Waals surface area contributed by atoms with E-state index in [1.165, 1.54) is 11.3 Å². The lowest BCUT2D eigenvalue weighted by Gasteiger charge is -2.31. The van der Waals surface area contributed by atoms with Crippen LogP contribution < -0.4 is 11.1 Å². The number of nitrogen functional groups attached to an aromatic ring is 1. The summed E-state index contributed by atoms with van der Waals surface area (Å²) in [7, 11) is 0. The second kappa shape index (κ2) is 13.7. The van der Waals surface area contributed by atoms with Gasteiger partial charge in [-0.3, -0.25) is 20.0 Å². The highest BCUT2D eigenvalue weighted by Gasteiger charge is 2.50. The third-order valence-corrected chi connectivity index (χ3v) is 10.9. The number of aliphatic hydroxyl groups excluding tert-OH is 1. The molecule has 9 nitrogen and oxygen atoms in total. The zero-order chi connectivity index (χ0) is 35.0. The van der Waals surface area contributed by atoms with Gasteiger partial charge in [-0.15, -0.1) is 11.3 Å². The van der Waals surface area contributed by atoms with Crippen LogP contribution in [0, 0.1) is 24.7 Å². The molecule has 1 spiro atoms. The second-order valence-electron chi connectivity index (χ2n) is 13.4. The van der Waals surface area contributed by atoms with Crippen molar-refractivity contribution < 1.29 is 23.1 Å². The van der Waals surface area contributed by atoms with Gasteiger partial charge in [-0.25, -0.2) is 9.97 Å². The number of benzene rings is 2. The summed E-state index contributed by atoms with van der Waals surface area (Å²) in [4.78, 5) is 29.0. The van der Waals surface area contributed by atoms with E-state index in [0.29, 0.717) is 34.3 Å². The summed E-state index contributed by atoms with van der Waals surface area (Å²) in [6.45, 7) is 4.51. The molecule has 1 saturated carbocycles. The standard InChI is InChI=1S/C37H38F3N7O2S/c1-23-27(7-6-24-2-4-25(5-3-24)20-46-15-9-26(21-48)10-16-46)18-29(37(38,39)40)28(31(23)41)19-43-33(34(49)45-35-42-14-17-50-35)32-30-8-11-36(12-13-36)47(30)22-44-32/h2-5,14,17-19,22,26,33,48H,8-13,15-16,20-21,41H2,1H3,(H,42,45,49). The molecule has 1 unspecified atom stereocenters. The minimum Gasteiger partial charge on any atom is -0.398 e. The van der Waals surface area contributed by atoms with E-state index in [0.717, 1.165) is 75.3 Å². The first kappa shape index (κ1) is 34.0. The Hall–Kier alpha value is -4.51. The molecule has 4 heterocycles. The summed E-state index contributed by atoms with van der Waals surface area (Å²) < 4.78 is 45.8. The second-order valence-corrected chi connectivity index (χ2v) is 14.3. The first-order valence-electron chi connectivity index (χ1n) is 16.8. The number of nitrogens with one attached hydrogen (secondary N) is 1. The predicted molar refractivity (Wildman–Crippen MR) is 187 cm³/mol. The molecule has 2 aliphatic heterocycles. The number of nitrogens with two attached hydrogens (primary N) is 1. The van der Waals surface area contributed by atoms with Crippen LogP contribution in [-0.2, 0) is 29.5 Å². The number of rotatable bonds is 8. The van der Waals surface area contributed by atoms with Gasteiger partial charge < -0.3 is 15.4 Å². The first-order chi connectivity index (χ1) is 24.0. The fraction of sp³-hybridized carbons (Fsp3) is 0.405. The lowest BCUT2D eigenvalue weighted by Crippen LogP contribution is -2.34. The highest BCUT2D eigenvalue weighted by Crippen LogP contribution is 2.52. The van der Waals surface area contributed by atoms with E-state index in [4.69, 9.17) is 5.73 Å². The number of carbonyl (C=O) groups excluding carboxylic acids is 1. The van der Waals surface area contributed by atoms with Crippen LogP contribution in [0.3, 0.4) is 0 Å². The number of aliphatic imine (C=N–C) groups is 1. The lowest BCUT2D eigenvalue weighted by atomic mass is 9.96. The van der Waals surface area contributed by atoms with E-state index < -0.39 is 23.7 Å². The van der Waals surface area contributed by atoms with E-state index in [1.54, 1.807) is 24.8 Å². The Bertz CT molecular complexity index is 1960. The summed E-state index contributed by atoms with van der Waals surface area (Å²) in [6, 6.07) is 7.47. The van der Waals surface area contributed by atoms with Gasteiger partial charge in [0, 0.05) is 64.6 Å². The number of alkyl halides is 3. The van der Waals surface area contributed by atoms with Crippen molar-refractivity contribution in [2.75, 3.05) is 30.7 Å². The van der Waals surface area contributed by atoms with Crippen LogP contribution in [0.1, 0.15) is 82.9 Å². The van der Waals surface area contributed by atoms with E-state index in [2.05, 4.69) is 41.6 Å². The molecule has 1 atom stereocenters. The van der Waals surface area contributed by atoms with Crippen LogP contribution in [0.25, 0.3) is 0 Å². The van der Waals surface area contributed by atoms with Crippen LogP contribution >= 0.6 is 11.3 Å². The highest BCUT2D eigenvalue weighted by molar-refractivity contribution is 7.13. The predicted octanol–water partition coefficient (Wildman–Crippen LogP) is 6.09. The van der Waals surface area contributed by atoms with Crippen molar-refractivity contribution in [1.29, 1.82) is 0 Å². The molecule has 1 aliphatic carbocycles. The van der Waals surface area contributed by atoms with E-state index in [1.807, 2.05) is 24.3 Å². The molecular weight excluding hydrogens is 664 g/mol. The van der Waals surface area contributed by atoms with Crippen LogP contribution in [-0.4, -0.2) is 56.4 Å². The van der Waals surface area contributed by atoms with Crippen molar-refractivity contribution in [3.05, 3.63) is 93.0 Å². The van der Waals surface area contributed by atoms with Crippen molar-refractivity contribution in [1.82, 2.24) is 19.4 Å². The first-order valence-corrected chi connectivity index (χ1v) is 17.7. The summed E-state index contributed by atoms with van der Waals surface area (Å²) >= 11 is 1.23. The van der Waals surface area contributed by atoms with Crippen molar-refractivity contribution in [3.8, 4) is 11.8 Å². The van der Waals surface area contributed by atoms with Crippen molar-refractivity contribution >= 4 is 34.3 Å². The van der Waals surface area contributed by atoms with Crippen LogP contribution in [0.15, 0.2) is 53.2 Å². The number of fused-ring (bicyclic) bond motifs is 2. The molecule has 0 radical (unpaired) electrons. The zero-order valence-electron chi connectivity index (χ0n) is 27.6. The minimum absolute atomic E-state index is 0.0309. The third kappa shape index (κ3) is 6.92. The quantitative estimate of drug-likeness (QED) is 0.116. The Morgan fingerprint density at radius 3 is 2.62 bits per heavy atom. The van der Waals surface area contributed by atoms with Crippen LogP contribution in [0.4, 0.5) is 24.0 Å². The van der Waals surface area contributed by atoms with E-state index in [-0.39, 0.29) is 29.0 Å². The van der Waals surface area contributed by atoms with Gasteiger partial charge in [0.05, 0.1) is 17.6 Å². The number of hydrogen-bond acceptors (Lipinski definition) is 8. The molecule has 13 heteroatoms. The molecule has 2 fully saturated rings. The topological polar surface area (TPSA) is 122 Å². The highest BCUT2D eigenvalue weighted by atomic mass is 32.1. The van der Waals surface area contributed by atoms with Gasteiger partial charge in [0.1, 0.15) is 0 Å². The average molecular weight is 702 g/mol. The van der Waals surface area contributed by atoms with Gasteiger partial charge in [0.25, 0.3) is 5.91 Å². The number of hydrogen-bond donors (Lipinski definition) is 3. The Labute approximate surface area is 292 Å². The molecule has 260 valence electrons. The fourth-order valence-electron chi connectivity index (χ4n) is 6.99. The molecule has 1 amide bonds. The average Bonchev–Trinajstić information content (AvgIpc) is 3.36. The molecule has 2 aromatic carbocycles. The summed E-state index contributed by atoms with van der Waals surface area (Å²) in [5.41, 5.74) is 8.62. The Balaban J connectivity index is 1.16. The van der Waals surface area contributed by atoms with E-state index >= 15 is 0 Å². The number of anilines is 2. The molecule has 4 N–H and O–H groups in total. The van der Waals surface area contributed by atoms with Gasteiger partial charge in [-0.05, 0) is 93.8 Å². The number of piperidine rings is 1. The molecule has 0 bridgehead atoms. The van der Waals surface area contributed by atoms with Crippen LogP contribution in [0.5, 0.6) is 0 Å². The Morgan fingerprint density at radius 1 is 1.20 bits per heavy atom.